The Labute approximate surface area is 153 Å². The van der Waals surface area contributed by atoms with Crippen LogP contribution in [0.1, 0.15) is 41.6 Å². The molecule has 0 radical (unpaired) electrons. The fraction of sp³-hybridized carbons (Fsp3) is 0.412. The second-order valence-electron chi connectivity index (χ2n) is 6.49. The molecule has 0 spiro atoms. The van der Waals surface area contributed by atoms with Crippen molar-refractivity contribution in [3.63, 3.8) is 0 Å². The van der Waals surface area contributed by atoms with Gasteiger partial charge in [0.1, 0.15) is 5.82 Å². The molecule has 1 N–H and O–H groups in total. The van der Waals surface area contributed by atoms with Gasteiger partial charge in [0.2, 0.25) is 10.8 Å². The Morgan fingerprint density at radius 1 is 1.23 bits per heavy atom. The van der Waals surface area contributed by atoms with E-state index in [4.69, 9.17) is 0 Å². The monoisotopic (exact) mass is 373 g/mol. The molecule has 4 rings (SSSR count). The number of aromatic nitrogens is 3. The molecule has 0 saturated carbocycles. The molecular weight excluding hydrogens is 354 g/mol. The van der Waals surface area contributed by atoms with Gasteiger partial charge in [-0.3, -0.25) is 15.0 Å². The van der Waals surface area contributed by atoms with E-state index in [1.807, 2.05) is 0 Å². The van der Waals surface area contributed by atoms with Gasteiger partial charge >= 0.3 is 0 Å². The Kier molecular flexibility index (Phi) is 4.33. The molecule has 1 aliphatic heterocycles. The number of non-ortho nitro benzene ring substituents is 1. The summed E-state index contributed by atoms with van der Waals surface area (Å²) in [6.45, 7) is 3.64. The van der Waals surface area contributed by atoms with Crippen LogP contribution in [0.2, 0.25) is 0 Å². The summed E-state index contributed by atoms with van der Waals surface area (Å²) in [6, 6.07) is 6.43. The van der Waals surface area contributed by atoms with Crippen LogP contribution in [0.15, 0.2) is 24.3 Å². The normalized spacial score (nSPS) is 16.8. The van der Waals surface area contributed by atoms with Crippen molar-refractivity contribution >= 4 is 22.0 Å². The minimum atomic E-state index is -0.400. The Morgan fingerprint density at radius 3 is 2.54 bits per heavy atom. The van der Waals surface area contributed by atoms with Crippen molar-refractivity contribution in [3.8, 4) is 5.88 Å². The van der Waals surface area contributed by atoms with E-state index in [1.165, 1.54) is 34.4 Å². The highest BCUT2D eigenvalue weighted by molar-refractivity contribution is 7.17. The number of nitrogens with zero attached hydrogens (tertiary/aromatic N) is 5. The first-order valence-electron chi connectivity index (χ1n) is 8.58. The van der Waals surface area contributed by atoms with Crippen molar-refractivity contribution in [2.75, 3.05) is 13.1 Å². The van der Waals surface area contributed by atoms with Crippen LogP contribution >= 0.6 is 11.3 Å². The second kappa shape index (κ2) is 6.65. The summed E-state index contributed by atoms with van der Waals surface area (Å²) < 4.78 is 1.47. The van der Waals surface area contributed by atoms with E-state index in [9.17, 15) is 15.2 Å². The summed E-state index contributed by atoms with van der Waals surface area (Å²) >= 11 is 1.42. The van der Waals surface area contributed by atoms with Gasteiger partial charge in [-0.05, 0) is 38.4 Å². The van der Waals surface area contributed by atoms with Crippen molar-refractivity contribution < 1.29 is 10.0 Å². The molecule has 2 aromatic heterocycles. The van der Waals surface area contributed by atoms with Crippen LogP contribution < -0.4 is 0 Å². The van der Waals surface area contributed by atoms with Crippen LogP contribution in [0.5, 0.6) is 5.88 Å². The molecule has 3 aromatic rings. The van der Waals surface area contributed by atoms with Gasteiger partial charge in [0.15, 0.2) is 0 Å². The second-order valence-corrected chi connectivity index (χ2v) is 7.50. The highest BCUT2D eigenvalue weighted by atomic mass is 32.1. The largest absolute Gasteiger partial charge is 0.492 e. The molecule has 1 saturated heterocycles. The van der Waals surface area contributed by atoms with Crippen molar-refractivity contribution in [2.45, 2.75) is 32.2 Å². The molecule has 26 heavy (non-hydrogen) atoms. The van der Waals surface area contributed by atoms with Gasteiger partial charge in [-0.2, -0.15) is 4.52 Å². The van der Waals surface area contributed by atoms with Crippen LogP contribution in [0.4, 0.5) is 5.69 Å². The fourth-order valence-electron chi connectivity index (χ4n) is 3.51. The van der Waals surface area contributed by atoms with Gasteiger partial charge in [0.05, 0.1) is 15.8 Å². The Balaban J connectivity index is 1.80. The zero-order valence-corrected chi connectivity index (χ0v) is 15.1. The molecule has 1 aromatic carbocycles. The van der Waals surface area contributed by atoms with Gasteiger partial charge in [0, 0.05) is 12.1 Å². The quantitative estimate of drug-likeness (QED) is 0.557. The molecule has 0 bridgehead atoms. The molecule has 0 amide bonds. The van der Waals surface area contributed by atoms with E-state index < -0.39 is 4.92 Å². The van der Waals surface area contributed by atoms with Crippen molar-refractivity contribution in [1.29, 1.82) is 0 Å². The highest BCUT2D eigenvalue weighted by Gasteiger charge is 2.30. The number of hydrogen-bond acceptors (Lipinski definition) is 7. The smallest absolute Gasteiger partial charge is 0.269 e. The molecule has 9 heteroatoms. The number of aryl methyl sites for hydroxylation is 1. The maximum atomic E-state index is 11.0. The summed E-state index contributed by atoms with van der Waals surface area (Å²) in [7, 11) is 0. The number of aromatic hydroxyl groups is 1. The molecule has 136 valence electrons. The molecular formula is C17H19N5O3S. The number of hydrogen-bond donors (Lipinski definition) is 1. The third-order valence-corrected chi connectivity index (χ3v) is 5.80. The van der Waals surface area contributed by atoms with Crippen molar-refractivity contribution in [2.24, 2.45) is 0 Å². The third-order valence-electron chi connectivity index (χ3n) is 4.73. The average Bonchev–Trinajstić information content (AvgIpc) is 3.14. The van der Waals surface area contributed by atoms with Crippen LogP contribution in [-0.2, 0) is 0 Å². The Hall–Kier alpha value is -2.52. The Bertz CT molecular complexity index is 943. The van der Waals surface area contributed by atoms with Crippen LogP contribution in [0.3, 0.4) is 0 Å². The number of benzene rings is 1. The first-order chi connectivity index (χ1) is 12.5. The lowest BCUT2D eigenvalue weighted by Gasteiger charge is -2.34. The zero-order chi connectivity index (χ0) is 18.3. The molecule has 0 aliphatic carbocycles. The van der Waals surface area contributed by atoms with E-state index in [0.717, 1.165) is 36.4 Å². The summed E-state index contributed by atoms with van der Waals surface area (Å²) in [5.74, 6) is 0.711. The number of nitro groups is 1. The lowest BCUT2D eigenvalue weighted by Crippen LogP contribution is -2.34. The summed E-state index contributed by atoms with van der Waals surface area (Å²) in [4.78, 5) is 18.7. The average molecular weight is 373 g/mol. The SMILES string of the molecule is Cc1nc2sc([C@H](c3ccc([N+](=O)[O-])cc3)N3CCCCC3)c(O)n2n1. The number of rotatable bonds is 4. The van der Waals surface area contributed by atoms with Gasteiger partial charge in [-0.25, -0.2) is 4.98 Å². The lowest BCUT2D eigenvalue weighted by molar-refractivity contribution is -0.384. The first kappa shape index (κ1) is 16.9. The zero-order valence-electron chi connectivity index (χ0n) is 14.3. The topological polar surface area (TPSA) is 96.8 Å². The maximum Gasteiger partial charge on any atom is 0.269 e. The molecule has 0 unspecified atom stereocenters. The molecule has 1 atom stereocenters. The maximum absolute atomic E-state index is 11.0. The van der Waals surface area contributed by atoms with E-state index in [-0.39, 0.29) is 17.6 Å². The molecule has 1 aliphatic rings. The van der Waals surface area contributed by atoms with Crippen LogP contribution in [0.25, 0.3) is 4.96 Å². The molecule has 1 fully saturated rings. The number of nitro benzene ring substituents is 1. The van der Waals surface area contributed by atoms with Gasteiger partial charge in [0.25, 0.3) is 5.69 Å². The summed E-state index contributed by atoms with van der Waals surface area (Å²) in [5, 5.41) is 26.0. The van der Waals surface area contributed by atoms with E-state index in [0.29, 0.717) is 10.8 Å². The standard InChI is InChI=1S/C17H19N5O3S/c1-11-18-17-21(19-11)16(23)15(26-17)14(20-9-3-2-4-10-20)12-5-7-13(8-6-12)22(24)25/h5-8,14,23H,2-4,9-10H2,1H3/t14-/m0/s1. The van der Waals surface area contributed by atoms with Gasteiger partial charge in [-0.15, -0.1) is 5.10 Å². The van der Waals surface area contributed by atoms with E-state index in [2.05, 4.69) is 15.0 Å². The van der Waals surface area contributed by atoms with Crippen LogP contribution in [0, 0.1) is 17.0 Å². The van der Waals surface area contributed by atoms with E-state index >= 15 is 0 Å². The number of piperidine rings is 1. The minimum absolute atomic E-state index is 0.0636. The minimum Gasteiger partial charge on any atom is -0.492 e. The van der Waals surface area contributed by atoms with Gasteiger partial charge < -0.3 is 5.11 Å². The summed E-state index contributed by atoms with van der Waals surface area (Å²) in [5.41, 5.74) is 0.989. The number of likely N-dealkylation sites (tertiary alicyclic amines) is 1. The third kappa shape index (κ3) is 2.93. The van der Waals surface area contributed by atoms with Crippen molar-refractivity contribution in [3.05, 3.63) is 50.6 Å². The van der Waals surface area contributed by atoms with Gasteiger partial charge in [-0.1, -0.05) is 29.9 Å². The lowest BCUT2D eigenvalue weighted by atomic mass is 10.00. The van der Waals surface area contributed by atoms with E-state index in [1.54, 1.807) is 19.1 Å². The fourth-order valence-corrected chi connectivity index (χ4v) is 4.67. The predicted molar refractivity (Wildman–Crippen MR) is 97.6 cm³/mol. The summed E-state index contributed by atoms with van der Waals surface area (Å²) in [6.07, 6.45) is 3.40. The molecule has 8 nitrogen and oxygen atoms in total. The number of fused-ring (bicyclic) bond motifs is 1. The predicted octanol–water partition coefficient (Wildman–Crippen LogP) is 3.29. The highest BCUT2D eigenvalue weighted by Crippen LogP contribution is 2.41. The van der Waals surface area contributed by atoms with Crippen molar-refractivity contribution in [1.82, 2.24) is 19.5 Å². The van der Waals surface area contributed by atoms with Crippen LogP contribution in [-0.4, -0.2) is 42.6 Å². The Morgan fingerprint density at radius 2 is 1.92 bits per heavy atom. The first-order valence-corrected chi connectivity index (χ1v) is 9.39. The number of thiazole rings is 1. The molecule has 3 heterocycles.